The molecule has 2 aliphatic heterocycles. The van der Waals surface area contributed by atoms with Gasteiger partial charge in [0.1, 0.15) is 43.7 Å². The molecule has 0 amide bonds. The second-order valence-corrected chi connectivity index (χ2v) is 8.52. The zero-order valence-corrected chi connectivity index (χ0v) is 21.3. The lowest BCUT2D eigenvalue weighted by Crippen LogP contribution is -2.66. The predicted molar refractivity (Wildman–Crippen MR) is 116 cm³/mol. The van der Waals surface area contributed by atoms with Crippen molar-refractivity contribution in [2.75, 3.05) is 13.2 Å². The van der Waals surface area contributed by atoms with Crippen LogP contribution >= 0.6 is 0 Å². The first-order valence-electron chi connectivity index (χ1n) is 11.5. The van der Waals surface area contributed by atoms with Crippen molar-refractivity contribution in [2.45, 2.75) is 96.0 Å². The van der Waals surface area contributed by atoms with E-state index in [-0.39, 0.29) is 0 Å². The Morgan fingerprint density at radius 3 is 1.47 bits per heavy atom. The first-order chi connectivity index (χ1) is 17.7. The second kappa shape index (κ2) is 13.8. The van der Waals surface area contributed by atoms with Crippen molar-refractivity contribution in [2.24, 2.45) is 0 Å². The van der Waals surface area contributed by atoms with Crippen LogP contribution in [0.25, 0.3) is 0 Å². The number of esters is 5. The molecule has 2 heterocycles. The summed E-state index contributed by atoms with van der Waals surface area (Å²) >= 11 is 0. The molecule has 16 heteroatoms. The molecule has 2 fully saturated rings. The molecule has 0 bridgehead atoms. The summed E-state index contributed by atoms with van der Waals surface area (Å²) in [6, 6.07) is 0. The van der Waals surface area contributed by atoms with Gasteiger partial charge in [-0.2, -0.15) is 0 Å². The maximum Gasteiger partial charge on any atom is 0.303 e. The molecular formula is C22H32O16. The molecule has 0 aromatic carbocycles. The van der Waals surface area contributed by atoms with Crippen molar-refractivity contribution in [3.05, 3.63) is 0 Å². The number of aliphatic hydroxyl groups is 3. The molecule has 0 aliphatic carbocycles. The number of ether oxygens (including phenoxy) is 8. The molecule has 216 valence electrons. The van der Waals surface area contributed by atoms with Crippen LogP contribution in [0.1, 0.15) is 34.6 Å². The van der Waals surface area contributed by atoms with Gasteiger partial charge in [-0.05, 0) is 0 Å². The Labute approximate surface area is 216 Å². The van der Waals surface area contributed by atoms with E-state index in [0.717, 1.165) is 34.6 Å². The van der Waals surface area contributed by atoms with Gasteiger partial charge in [-0.1, -0.05) is 0 Å². The third-order valence-electron chi connectivity index (χ3n) is 5.35. The Morgan fingerprint density at radius 2 is 1.00 bits per heavy atom. The number of carbonyl (C=O) groups excluding carboxylic acids is 5. The Bertz CT molecular complexity index is 871. The van der Waals surface area contributed by atoms with Crippen LogP contribution in [0.4, 0.5) is 0 Å². The Hall–Kier alpha value is -2.89. The smallest absolute Gasteiger partial charge is 0.303 e. The molecule has 2 aliphatic rings. The molecule has 2 rings (SSSR count). The summed E-state index contributed by atoms with van der Waals surface area (Å²) in [5.41, 5.74) is 0. The maximum absolute atomic E-state index is 11.8. The molecule has 2 saturated heterocycles. The summed E-state index contributed by atoms with van der Waals surface area (Å²) in [6.07, 6.45) is -16.2. The van der Waals surface area contributed by atoms with Crippen molar-refractivity contribution in [1.82, 2.24) is 0 Å². The number of carbonyl (C=O) groups is 5. The van der Waals surface area contributed by atoms with E-state index in [1.807, 2.05) is 0 Å². The van der Waals surface area contributed by atoms with Crippen LogP contribution in [0.15, 0.2) is 0 Å². The van der Waals surface area contributed by atoms with E-state index in [0.29, 0.717) is 0 Å². The fourth-order valence-corrected chi connectivity index (χ4v) is 3.88. The van der Waals surface area contributed by atoms with Gasteiger partial charge in [0, 0.05) is 34.6 Å². The highest BCUT2D eigenvalue weighted by atomic mass is 16.7. The summed E-state index contributed by atoms with van der Waals surface area (Å²) in [4.78, 5) is 57.7. The van der Waals surface area contributed by atoms with Crippen LogP contribution in [0.2, 0.25) is 0 Å². The Kier molecular flexibility index (Phi) is 11.4. The van der Waals surface area contributed by atoms with Crippen LogP contribution < -0.4 is 0 Å². The van der Waals surface area contributed by atoms with Gasteiger partial charge in [-0.15, -0.1) is 0 Å². The van der Waals surface area contributed by atoms with E-state index >= 15 is 0 Å². The topological polar surface area (TPSA) is 220 Å². The average Bonchev–Trinajstić information content (AvgIpc) is 2.79. The van der Waals surface area contributed by atoms with Crippen LogP contribution in [0.5, 0.6) is 0 Å². The van der Waals surface area contributed by atoms with Crippen LogP contribution in [-0.2, 0) is 61.9 Å². The van der Waals surface area contributed by atoms with Crippen molar-refractivity contribution < 1.29 is 77.2 Å². The number of aliphatic hydroxyl groups excluding tert-OH is 3. The van der Waals surface area contributed by atoms with Gasteiger partial charge in [0.15, 0.2) is 30.9 Å². The average molecular weight is 552 g/mol. The predicted octanol–water partition coefficient (Wildman–Crippen LogP) is -2.54. The van der Waals surface area contributed by atoms with E-state index < -0.39 is 104 Å². The van der Waals surface area contributed by atoms with Crippen LogP contribution in [0.3, 0.4) is 0 Å². The highest BCUT2D eigenvalue weighted by Gasteiger charge is 2.54. The second-order valence-electron chi connectivity index (χ2n) is 8.52. The summed E-state index contributed by atoms with van der Waals surface area (Å²) < 4.78 is 41.9. The Morgan fingerprint density at radius 1 is 0.579 bits per heavy atom. The van der Waals surface area contributed by atoms with Crippen molar-refractivity contribution in [1.29, 1.82) is 0 Å². The van der Waals surface area contributed by atoms with E-state index in [1.165, 1.54) is 0 Å². The standard InChI is InChI=1S/C22H32O16/c1-8(23)31-6-13-18(15(28)19(21(30)36-13)34-11(4)26)38-22-20(35-12(5)27)16(29)17(33-10(3)25)14(37-22)7-32-9(2)24/h13-22,28-30H,6-7H2,1-5H3/t13-,14?,15?,16?,17-,18+,19?,20-,21+,22-/m0/s1. The van der Waals surface area contributed by atoms with E-state index in [4.69, 9.17) is 37.9 Å². The van der Waals surface area contributed by atoms with Crippen molar-refractivity contribution >= 4 is 29.8 Å². The largest absolute Gasteiger partial charge is 0.463 e. The summed E-state index contributed by atoms with van der Waals surface area (Å²) in [7, 11) is 0. The SMILES string of the molecule is CC(=O)OCC1O[C@@H](O[C@H]2C(O)C(OC(C)=O)[C@H](O)O[C@H]2COC(C)=O)[C@@H](OC(C)=O)C(O)[C@H]1OC(C)=O. The van der Waals surface area contributed by atoms with E-state index in [2.05, 4.69) is 0 Å². The highest BCUT2D eigenvalue weighted by molar-refractivity contribution is 5.67. The molecular weight excluding hydrogens is 520 g/mol. The zero-order valence-electron chi connectivity index (χ0n) is 21.3. The first-order valence-corrected chi connectivity index (χ1v) is 11.5. The summed E-state index contributed by atoms with van der Waals surface area (Å²) in [5.74, 6) is -4.05. The Balaban J connectivity index is 2.42. The maximum atomic E-state index is 11.8. The molecule has 0 radical (unpaired) electrons. The van der Waals surface area contributed by atoms with Crippen molar-refractivity contribution in [3.63, 3.8) is 0 Å². The normalized spacial score (nSPS) is 34.9. The molecule has 0 spiro atoms. The van der Waals surface area contributed by atoms with Gasteiger partial charge >= 0.3 is 29.8 Å². The van der Waals surface area contributed by atoms with Gasteiger partial charge in [-0.3, -0.25) is 24.0 Å². The lowest BCUT2D eigenvalue weighted by molar-refractivity contribution is -0.356. The van der Waals surface area contributed by atoms with Gasteiger partial charge < -0.3 is 53.2 Å². The number of hydrogen-bond donors (Lipinski definition) is 3. The first kappa shape index (κ1) is 31.3. The van der Waals surface area contributed by atoms with Crippen molar-refractivity contribution in [3.8, 4) is 0 Å². The third-order valence-corrected chi connectivity index (χ3v) is 5.35. The van der Waals surface area contributed by atoms with E-state index in [9.17, 15) is 39.3 Å². The number of rotatable bonds is 9. The minimum atomic E-state index is -1.85. The molecule has 38 heavy (non-hydrogen) atoms. The molecule has 3 N–H and O–H groups in total. The molecule has 16 nitrogen and oxygen atoms in total. The summed E-state index contributed by atoms with van der Waals surface area (Å²) in [5, 5.41) is 32.1. The van der Waals surface area contributed by atoms with Gasteiger partial charge in [0.25, 0.3) is 0 Å². The number of hydrogen-bond acceptors (Lipinski definition) is 16. The molecule has 0 aromatic heterocycles. The fourth-order valence-electron chi connectivity index (χ4n) is 3.88. The molecule has 10 atom stereocenters. The minimum absolute atomic E-state index is 0.521. The highest BCUT2D eigenvalue weighted by Crippen LogP contribution is 2.32. The van der Waals surface area contributed by atoms with Crippen LogP contribution in [0, 0.1) is 0 Å². The quantitative estimate of drug-likeness (QED) is 0.198. The van der Waals surface area contributed by atoms with Crippen LogP contribution in [-0.4, -0.2) is 120 Å². The van der Waals surface area contributed by atoms with Gasteiger partial charge in [-0.25, -0.2) is 0 Å². The molecule has 0 saturated carbocycles. The monoisotopic (exact) mass is 552 g/mol. The minimum Gasteiger partial charge on any atom is -0.463 e. The summed E-state index contributed by atoms with van der Waals surface area (Å²) in [6.45, 7) is 4.23. The molecule has 4 unspecified atom stereocenters. The zero-order chi connectivity index (χ0) is 28.7. The van der Waals surface area contributed by atoms with E-state index in [1.54, 1.807) is 0 Å². The fraction of sp³-hybridized carbons (Fsp3) is 0.773. The van der Waals surface area contributed by atoms with Gasteiger partial charge in [0.05, 0.1) is 0 Å². The lowest BCUT2D eigenvalue weighted by atomic mass is 9.96. The lowest BCUT2D eigenvalue weighted by Gasteiger charge is -2.47. The molecule has 0 aromatic rings. The van der Waals surface area contributed by atoms with Gasteiger partial charge in [0.2, 0.25) is 0 Å². The third kappa shape index (κ3) is 8.57.